The molecule has 0 aromatic heterocycles. The van der Waals surface area contributed by atoms with E-state index in [2.05, 4.69) is 12.1 Å². The number of methoxy groups -OCH3 is 4. The van der Waals surface area contributed by atoms with Crippen LogP contribution in [0.25, 0.3) is 21.5 Å². The molecule has 3 rings (SSSR count). The topological polar surface area (TPSA) is 62.9 Å². The molecule has 0 heterocycles. The predicted octanol–water partition coefficient (Wildman–Crippen LogP) is 3.53. The van der Waals surface area contributed by atoms with E-state index >= 15 is 0 Å². The largest absolute Gasteiger partial charge is 0.493 e. The minimum absolute atomic E-state index is 0.564. The van der Waals surface area contributed by atoms with Crippen molar-refractivity contribution in [3.05, 3.63) is 35.9 Å². The van der Waals surface area contributed by atoms with Crippen LogP contribution in [0.2, 0.25) is 0 Å². The van der Waals surface area contributed by atoms with E-state index in [0.29, 0.717) is 29.5 Å². The zero-order valence-corrected chi connectivity index (χ0v) is 15.0. The average molecular weight is 341 g/mol. The van der Waals surface area contributed by atoms with E-state index in [1.807, 2.05) is 18.2 Å². The fraction of sp³-hybridized carbons (Fsp3) is 0.300. The van der Waals surface area contributed by atoms with Crippen molar-refractivity contribution in [2.45, 2.75) is 6.42 Å². The highest BCUT2D eigenvalue weighted by molar-refractivity contribution is 6.13. The van der Waals surface area contributed by atoms with Crippen molar-refractivity contribution >= 4 is 21.5 Å². The molecule has 0 fully saturated rings. The number of hydrogen-bond acceptors (Lipinski definition) is 5. The van der Waals surface area contributed by atoms with Gasteiger partial charge in [-0.1, -0.05) is 12.1 Å². The molecule has 25 heavy (non-hydrogen) atoms. The summed E-state index contributed by atoms with van der Waals surface area (Å²) in [5.74, 6) is 2.77. The zero-order chi connectivity index (χ0) is 18.0. The lowest BCUT2D eigenvalue weighted by molar-refractivity contribution is 0.355. The maximum atomic E-state index is 5.80. The van der Waals surface area contributed by atoms with E-state index in [9.17, 15) is 0 Å². The minimum atomic E-state index is 0.564. The molecule has 2 N–H and O–H groups in total. The van der Waals surface area contributed by atoms with Crippen molar-refractivity contribution in [3.8, 4) is 23.0 Å². The SMILES string of the molecule is COc1cc2ccc3c(CCN)cc(OC)c(OC)c3c2cc1OC. The summed E-state index contributed by atoms with van der Waals surface area (Å²) in [5.41, 5.74) is 6.93. The van der Waals surface area contributed by atoms with Gasteiger partial charge in [0.2, 0.25) is 0 Å². The van der Waals surface area contributed by atoms with Crippen molar-refractivity contribution in [2.24, 2.45) is 5.73 Å². The van der Waals surface area contributed by atoms with Crippen LogP contribution in [-0.2, 0) is 6.42 Å². The van der Waals surface area contributed by atoms with Crippen LogP contribution in [0.4, 0.5) is 0 Å². The first-order chi connectivity index (χ1) is 12.2. The maximum absolute atomic E-state index is 5.80. The molecule has 0 amide bonds. The standard InChI is InChI=1S/C20H23NO4/c1-22-16-9-12-5-6-14-13(7-8-21)10-18(24-3)20(25-4)19(14)15(12)11-17(16)23-2/h5-6,9-11H,7-8,21H2,1-4H3. The zero-order valence-electron chi connectivity index (χ0n) is 15.0. The van der Waals surface area contributed by atoms with Crippen LogP contribution in [0.3, 0.4) is 0 Å². The molecule has 0 aliphatic carbocycles. The smallest absolute Gasteiger partial charge is 0.169 e. The summed E-state index contributed by atoms with van der Waals surface area (Å²) < 4.78 is 22.2. The lowest BCUT2D eigenvalue weighted by Gasteiger charge is -2.17. The Morgan fingerprint density at radius 1 is 0.760 bits per heavy atom. The van der Waals surface area contributed by atoms with E-state index in [1.54, 1.807) is 28.4 Å². The Labute approximate surface area is 147 Å². The van der Waals surface area contributed by atoms with Crippen LogP contribution in [0, 0.1) is 0 Å². The Morgan fingerprint density at radius 2 is 1.44 bits per heavy atom. The van der Waals surface area contributed by atoms with Crippen LogP contribution in [-0.4, -0.2) is 35.0 Å². The average Bonchev–Trinajstić information content (AvgIpc) is 2.66. The molecule has 0 unspecified atom stereocenters. The predicted molar refractivity (Wildman–Crippen MR) is 100 cm³/mol. The van der Waals surface area contributed by atoms with Gasteiger partial charge >= 0.3 is 0 Å². The molecule has 3 aromatic rings. The summed E-state index contributed by atoms with van der Waals surface area (Å²) >= 11 is 0. The van der Waals surface area contributed by atoms with Crippen LogP contribution in [0.15, 0.2) is 30.3 Å². The molecular formula is C20H23NO4. The molecule has 0 spiro atoms. The summed E-state index contributed by atoms with van der Waals surface area (Å²) in [6.45, 7) is 0.564. The normalized spacial score (nSPS) is 10.9. The van der Waals surface area contributed by atoms with Gasteiger partial charge in [-0.15, -0.1) is 0 Å². The number of benzene rings is 3. The third-order valence-electron chi connectivity index (χ3n) is 4.46. The van der Waals surface area contributed by atoms with E-state index in [-0.39, 0.29) is 0 Å². The molecule has 0 bridgehead atoms. The number of nitrogens with two attached hydrogens (primary N) is 1. The second-order valence-corrected chi connectivity index (χ2v) is 5.73. The first kappa shape index (κ1) is 17.2. The van der Waals surface area contributed by atoms with Crippen molar-refractivity contribution in [3.63, 3.8) is 0 Å². The molecule has 0 aliphatic heterocycles. The minimum Gasteiger partial charge on any atom is -0.493 e. The van der Waals surface area contributed by atoms with Gasteiger partial charge in [0.1, 0.15) is 0 Å². The lowest BCUT2D eigenvalue weighted by atomic mass is 9.95. The molecule has 0 atom stereocenters. The lowest BCUT2D eigenvalue weighted by Crippen LogP contribution is -2.04. The number of rotatable bonds is 6. The fourth-order valence-corrected chi connectivity index (χ4v) is 3.30. The third-order valence-corrected chi connectivity index (χ3v) is 4.46. The van der Waals surface area contributed by atoms with Crippen LogP contribution in [0.1, 0.15) is 5.56 Å². The van der Waals surface area contributed by atoms with E-state index in [1.165, 1.54) is 0 Å². The molecule has 132 valence electrons. The van der Waals surface area contributed by atoms with E-state index in [4.69, 9.17) is 24.7 Å². The Balaban J connectivity index is 2.49. The number of fused-ring (bicyclic) bond motifs is 3. The van der Waals surface area contributed by atoms with Crippen molar-refractivity contribution in [2.75, 3.05) is 35.0 Å². The molecule has 0 saturated heterocycles. The quantitative estimate of drug-likeness (QED) is 0.695. The van der Waals surface area contributed by atoms with Gasteiger partial charge in [-0.3, -0.25) is 0 Å². The van der Waals surface area contributed by atoms with Gasteiger partial charge in [0.05, 0.1) is 28.4 Å². The van der Waals surface area contributed by atoms with Gasteiger partial charge in [-0.05, 0) is 52.9 Å². The molecule has 0 radical (unpaired) electrons. The summed E-state index contributed by atoms with van der Waals surface area (Å²) in [4.78, 5) is 0. The number of hydrogen-bond donors (Lipinski definition) is 1. The molecule has 3 aromatic carbocycles. The van der Waals surface area contributed by atoms with Crippen LogP contribution < -0.4 is 24.7 Å². The highest BCUT2D eigenvalue weighted by Crippen LogP contribution is 2.44. The molecule has 0 aliphatic rings. The van der Waals surface area contributed by atoms with Crippen LogP contribution >= 0.6 is 0 Å². The van der Waals surface area contributed by atoms with Gasteiger partial charge in [-0.2, -0.15) is 0 Å². The van der Waals surface area contributed by atoms with E-state index in [0.717, 1.165) is 33.5 Å². The summed E-state index contributed by atoms with van der Waals surface area (Å²) in [5, 5.41) is 4.14. The fourth-order valence-electron chi connectivity index (χ4n) is 3.30. The monoisotopic (exact) mass is 341 g/mol. The summed E-state index contributed by atoms with van der Waals surface area (Å²) in [6.07, 6.45) is 0.760. The van der Waals surface area contributed by atoms with Crippen molar-refractivity contribution in [1.82, 2.24) is 0 Å². The Morgan fingerprint density at radius 3 is 2.04 bits per heavy atom. The van der Waals surface area contributed by atoms with Crippen LogP contribution in [0.5, 0.6) is 23.0 Å². The summed E-state index contributed by atoms with van der Waals surface area (Å²) in [7, 11) is 6.56. The van der Waals surface area contributed by atoms with Crippen molar-refractivity contribution in [1.29, 1.82) is 0 Å². The first-order valence-electron chi connectivity index (χ1n) is 8.10. The Hall–Kier alpha value is -2.66. The molecular weight excluding hydrogens is 318 g/mol. The van der Waals surface area contributed by atoms with E-state index < -0.39 is 0 Å². The van der Waals surface area contributed by atoms with Crippen molar-refractivity contribution < 1.29 is 18.9 Å². The van der Waals surface area contributed by atoms with Gasteiger partial charge in [0, 0.05) is 5.39 Å². The van der Waals surface area contributed by atoms with Gasteiger partial charge in [0.25, 0.3) is 0 Å². The Bertz CT molecular complexity index is 921. The Kier molecular flexibility index (Phi) is 4.86. The molecule has 0 saturated carbocycles. The van der Waals surface area contributed by atoms with Gasteiger partial charge in [0.15, 0.2) is 23.0 Å². The highest BCUT2D eigenvalue weighted by atomic mass is 16.5. The molecule has 5 nitrogen and oxygen atoms in total. The first-order valence-corrected chi connectivity index (χ1v) is 8.10. The second kappa shape index (κ2) is 7.07. The van der Waals surface area contributed by atoms with Gasteiger partial charge < -0.3 is 24.7 Å². The highest BCUT2D eigenvalue weighted by Gasteiger charge is 2.17. The summed E-state index contributed by atoms with van der Waals surface area (Å²) in [6, 6.07) is 10.1. The second-order valence-electron chi connectivity index (χ2n) is 5.73. The number of ether oxygens (including phenoxy) is 4. The maximum Gasteiger partial charge on any atom is 0.169 e. The van der Waals surface area contributed by atoms with Gasteiger partial charge in [-0.25, -0.2) is 0 Å². The third kappa shape index (κ3) is 2.81. The molecule has 5 heteroatoms.